The summed E-state index contributed by atoms with van der Waals surface area (Å²) in [4.78, 5) is 10.5. The van der Waals surface area contributed by atoms with Gasteiger partial charge in [0.1, 0.15) is 6.29 Å². The number of rotatable bonds is 4. The van der Waals surface area contributed by atoms with Crippen LogP contribution in [0.2, 0.25) is 0 Å². The minimum atomic E-state index is 0.245. The van der Waals surface area contributed by atoms with Crippen molar-refractivity contribution in [2.24, 2.45) is 5.41 Å². The van der Waals surface area contributed by atoms with Gasteiger partial charge in [-0.3, -0.25) is 0 Å². The summed E-state index contributed by atoms with van der Waals surface area (Å²) in [6, 6.07) is 0. The lowest BCUT2D eigenvalue weighted by molar-refractivity contribution is -0.675. The molecule has 3 N–H and O–H groups in total. The molecule has 1 aliphatic heterocycles. The van der Waals surface area contributed by atoms with Crippen LogP contribution >= 0.6 is 0 Å². The van der Waals surface area contributed by atoms with Crippen molar-refractivity contribution in [2.45, 2.75) is 19.3 Å². The smallest absolute Gasteiger partial charge is 0.120 e. The van der Waals surface area contributed by atoms with Crippen LogP contribution in [0.25, 0.3) is 0 Å². The number of piperidine rings is 1. The fourth-order valence-electron chi connectivity index (χ4n) is 2.10. The maximum absolute atomic E-state index is 10.5. The van der Waals surface area contributed by atoms with Crippen LogP contribution in [0.1, 0.15) is 19.3 Å². The number of carbonyl (C=O) groups is 1. The number of hydrogen-bond donors (Lipinski definition) is 2. The maximum atomic E-state index is 10.5. The summed E-state index contributed by atoms with van der Waals surface area (Å²) in [5, 5.41) is 5.51. The van der Waals surface area contributed by atoms with E-state index in [0.717, 1.165) is 19.4 Å². The molecule has 3 nitrogen and oxygen atoms in total. The molecule has 0 bridgehead atoms. The molecule has 0 spiro atoms. The topological polar surface area (TPSA) is 45.7 Å². The highest BCUT2D eigenvalue weighted by Gasteiger charge is 2.33. The molecular formula is C9H19N2O+. The second-order valence-corrected chi connectivity index (χ2v) is 3.79. The molecule has 1 aliphatic rings. The summed E-state index contributed by atoms with van der Waals surface area (Å²) in [7, 11) is 1.96. The molecule has 0 aromatic rings. The lowest BCUT2D eigenvalue weighted by Crippen LogP contribution is -2.89. The van der Waals surface area contributed by atoms with E-state index in [2.05, 4.69) is 10.6 Å². The molecule has 1 saturated heterocycles. The van der Waals surface area contributed by atoms with Gasteiger partial charge in [0, 0.05) is 18.4 Å². The Kier molecular flexibility index (Phi) is 3.69. The van der Waals surface area contributed by atoms with Crippen molar-refractivity contribution in [1.29, 1.82) is 0 Å². The Morgan fingerprint density at radius 2 is 2.50 bits per heavy atom. The quantitative estimate of drug-likeness (QED) is 0.541. The van der Waals surface area contributed by atoms with E-state index < -0.39 is 0 Å². The first kappa shape index (κ1) is 9.68. The molecule has 1 fully saturated rings. The molecule has 3 heteroatoms. The second-order valence-electron chi connectivity index (χ2n) is 3.79. The largest absolute Gasteiger partial charge is 0.346 e. The van der Waals surface area contributed by atoms with E-state index in [4.69, 9.17) is 0 Å². The SMILES string of the molecule is CNCC1(CC=O)CCC[NH2+]C1. The zero-order valence-electron chi connectivity index (χ0n) is 7.81. The molecule has 1 heterocycles. The Hall–Kier alpha value is -0.410. The molecular weight excluding hydrogens is 152 g/mol. The minimum Gasteiger partial charge on any atom is -0.346 e. The standard InChI is InChI=1S/C9H18N2O/c1-10-7-9(4-6-12)3-2-5-11-8-9/h6,10-11H,2-5,7-8H2,1H3/p+1. The number of carbonyl (C=O) groups excluding carboxylic acids is 1. The van der Waals surface area contributed by atoms with Crippen molar-refractivity contribution in [3.05, 3.63) is 0 Å². The summed E-state index contributed by atoms with van der Waals surface area (Å²) < 4.78 is 0. The molecule has 0 radical (unpaired) electrons. The van der Waals surface area contributed by atoms with Gasteiger partial charge in [0.2, 0.25) is 0 Å². The van der Waals surface area contributed by atoms with Gasteiger partial charge in [-0.25, -0.2) is 0 Å². The summed E-state index contributed by atoms with van der Waals surface area (Å²) in [5.74, 6) is 0. The second kappa shape index (κ2) is 4.58. The summed E-state index contributed by atoms with van der Waals surface area (Å²) in [6.45, 7) is 3.30. The highest BCUT2D eigenvalue weighted by molar-refractivity contribution is 5.50. The average Bonchev–Trinajstić information content (AvgIpc) is 2.07. The molecule has 1 rings (SSSR count). The van der Waals surface area contributed by atoms with Gasteiger partial charge in [-0.15, -0.1) is 0 Å². The Bertz CT molecular complexity index is 136. The van der Waals surface area contributed by atoms with Crippen LogP contribution in [0.15, 0.2) is 0 Å². The predicted octanol–water partition coefficient (Wildman–Crippen LogP) is -0.862. The lowest BCUT2D eigenvalue weighted by Gasteiger charge is -2.33. The molecule has 0 aromatic carbocycles. The Labute approximate surface area is 73.9 Å². The number of nitrogens with one attached hydrogen (secondary N) is 1. The summed E-state index contributed by atoms with van der Waals surface area (Å²) >= 11 is 0. The third-order valence-corrected chi connectivity index (χ3v) is 2.76. The van der Waals surface area contributed by atoms with Gasteiger partial charge in [0.25, 0.3) is 0 Å². The van der Waals surface area contributed by atoms with Crippen LogP contribution in [0.5, 0.6) is 0 Å². The molecule has 0 saturated carbocycles. The summed E-state index contributed by atoms with van der Waals surface area (Å²) in [6.07, 6.45) is 4.22. The van der Waals surface area contributed by atoms with Crippen LogP contribution in [0, 0.1) is 5.41 Å². The molecule has 0 aliphatic carbocycles. The third-order valence-electron chi connectivity index (χ3n) is 2.76. The van der Waals surface area contributed by atoms with E-state index in [0.29, 0.717) is 6.42 Å². The van der Waals surface area contributed by atoms with E-state index in [1.807, 2.05) is 7.05 Å². The van der Waals surface area contributed by atoms with Gasteiger partial charge >= 0.3 is 0 Å². The zero-order valence-corrected chi connectivity index (χ0v) is 7.81. The van der Waals surface area contributed by atoms with Crippen molar-refractivity contribution in [3.63, 3.8) is 0 Å². The first-order valence-corrected chi connectivity index (χ1v) is 4.73. The van der Waals surface area contributed by atoms with E-state index >= 15 is 0 Å². The van der Waals surface area contributed by atoms with Crippen molar-refractivity contribution in [2.75, 3.05) is 26.7 Å². The van der Waals surface area contributed by atoms with Gasteiger partial charge < -0.3 is 15.4 Å². The molecule has 0 amide bonds. The van der Waals surface area contributed by atoms with Crippen LogP contribution in [0.4, 0.5) is 0 Å². The number of aldehydes is 1. The third kappa shape index (κ3) is 2.29. The van der Waals surface area contributed by atoms with E-state index in [9.17, 15) is 4.79 Å². The fourth-order valence-corrected chi connectivity index (χ4v) is 2.10. The lowest BCUT2D eigenvalue weighted by atomic mass is 9.78. The Morgan fingerprint density at radius 1 is 1.67 bits per heavy atom. The van der Waals surface area contributed by atoms with E-state index in [1.165, 1.54) is 19.4 Å². The zero-order chi connectivity index (χ0) is 8.86. The van der Waals surface area contributed by atoms with Crippen LogP contribution < -0.4 is 10.6 Å². The Morgan fingerprint density at radius 3 is 3.00 bits per heavy atom. The van der Waals surface area contributed by atoms with Crippen molar-refractivity contribution >= 4 is 6.29 Å². The predicted molar refractivity (Wildman–Crippen MR) is 47.9 cm³/mol. The van der Waals surface area contributed by atoms with E-state index in [1.54, 1.807) is 0 Å². The molecule has 70 valence electrons. The van der Waals surface area contributed by atoms with Crippen molar-refractivity contribution in [1.82, 2.24) is 5.32 Å². The molecule has 1 unspecified atom stereocenters. The molecule has 0 aromatic heterocycles. The van der Waals surface area contributed by atoms with Gasteiger partial charge in [-0.1, -0.05) is 0 Å². The van der Waals surface area contributed by atoms with Crippen LogP contribution in [0.3, 0.4) is 0 Å². The maximum Gasteiger partial charge on any atom is 0.120 e. The highest BCUT2D eigenvalue weighted by Crippen LogP contribution is 2.25. The molecule has 1 atom stereocenters. The van der Waals surface area contributed by atoms with Crippen LogP contribution in [-0.4, -0.2) is 33.0 Å². The number of hydrogen-bond acceptors (Lipinski definition) is 2. The highest BCUT2D eigenvalue weighted by atomic mass is 16.1. The summed E-state index contributed by atoms with van der Waals surface area (Å²) in [5.41, 5.74) is 0.245. The van der Waals surface area contributed by atoms with Crippen LogP contribution in [-0.2, 0) is 4.79 Å². The first-order chi connectivity index (χ1) is 5.83. The minimum absolute atomic E-state index is 0.245. The first-order valence-electron chi connectivity index (χ1n) is 4.73. The molecule has 12 heavy (non-hydrogen) atoms. The Balaban J connectivity index is 2.49. The number of quaternary nitrogens is 1. The van der Waals surface area contributed by atoms with Crippen molar-refractivity contribution in [3.8, 4) is 0 Å². The van der Waals surface area contributed by atoms with E-state index in [-0.39, 0.29) is 5.41 Å². The average molecular weight is 171 g/mol. The normalized spacial score (nSPS) is 30.1. The van der Waals surface area contributed by atoms with Gasteiger partial charge in [-0.2, -0.15) is 0 Å². The number of nitrogens with two attached hydrogens (primary N) is 1. The monoisotopic (exact) mass is 171 g/mol. The van der Waals surface area contributed by atoms with Gasteiger partial charge in [0.15, 0.2) is 0 Å². The van der Waals surface area contributed by atoms with Crippen molar-refractivity contribution < 1.29 is 10.1 Å². The fraction of sp³-hybridized carbons (Fsp3) is 0.889. The van der Waals surface area contributed by atoms with Gasteiger partial charge in [-0.05, 0) is 19.9 Å². The van der Waals surface area contributed by atoms with Gasteiger partial charge in [0.05, 0.1) is 13.1 Å².